The monoisotopic (exact) mass is 312 g/mol. The molecule has 0 saturated heterocycles. The fraction of sp³-hybridized carbons (Fsp3) is 0.263. The van der Waals surface area contributed by atoms with Gasteiger partial charge in [0.15, 0.2) is 0 Å². The number of thiocarbonyl (C=S) groups is 2. The maximum atomic E-state index is 5.53. The predicted molar refractivity (Wildman–Crippen MR) is 99.5 cm³/mol. The topological polar surface area (TPSA) is 0 Å². The Morgan fingerprint density at radius 2 is 1.33 bits per heavy atom. The van der Waals surface area contributed by atoms with Crippen LogP contribution in [0.15, 0.2) is 54.6 Å². The van der Waals surface area contributed by atoms with Crippen LogP contribution in [-0.4, -0.2) is 9.73 Å². The normalized spacial score (nSPS) is 10.3. The van der Waals surface area contributed by atoms with Gasteiger partial charge in [-0.2, -0.15) is 0 Å². The average molecular weight is 313 g/mol. The summed E-state index contributed by atoms with van der Waals surface area (Å²) >= 11 is 11.0. The second-order valence-electron chi connectivity index (χ2n) is 5.18. The van der Waals surface area contributed by atoms with Crippen molar-refractivity contribution >= 4 is 34.2 Å². The molecule has 108 valence electrons. The van der Waals surface area contributed by atoms with Gasteiger partial charge in [0.25, 0.3) is 0 Å². The van der Waals surface area contributed by atoms with Crippen LogP contribution in [0.25, 0.3) is 0 Å². The molecule has 0 N–H and O–H groups in total. The third-order valence-electron chi connectivity index (χ3n) is 3.53. The van der Waals surface area contributed by atoms with Gasteiger partial charge in [0.2, 0.25) is 0 Å². The summed E-state index contributed by atoms with van der Waals surface area (Å²) in [4.78, 5) is 1.51. The molecular formula is C19H20S2. The molecule has 0 heterocycles. The van der Waals surface area contributed by atoms with Crippen molar-refractivity contribution in [2.45, 2.75) is 32.6 Å². The standard InChI is InChI=1S/C19H20S2/c1-2-3-5-8-15-11-13-17(14-12-15)19(21)18(20)16-9-6-4-7-10-16/h4,6-7,9-14H,2-3,5,8H2,1H3. The molecule has 0 saturated carbocycles. The van der Waals surface area contributed by atoms with E-state index in [1.165, 1.54) is 24.8 Å². The molecule has 0 bridgehead atoms. The van der Waals surface area contributed by atoms with Crippen LogP contribution in [0.4, 0.5) is 0 Å². The van der Waals surface area contributed by atoms with Crippen LogP contribution in [0.5, 0.6) is 0 Å². The zero-order chi connectivity index (χ0) is 15.1. The highest BCUT2D eigenvalue weighted by Gasteiger charge is 2.09. The van der Waals surface area contributed by atoms with Crippen molar-refractivity contribution in [1.82, 2.24) is 0 Å². The van der Waals surface area contributed by atoms with E-state index < -0.39 is 0 Å². The SMILES string of the molecule is CCCCCc1ccc(C(=S)C(=S)c2ccccc2)cc1. The Balaban J connectivity index is 2.04. The first-order chi connectivity index (χ1) is 10.2. The number of aryl methyl sites for hydroxylation is 1. The summed E-state index contributed by atoms with van der Waals surface area (Å²) in [5.74, 6) is 0. The average Bonchev–Trinajstić information content (AvgIpc) is 2.55. The van der Waals surface area contributed by atoms with E-state index >= 15 is 0 Å². The van der Waals surface area contributed by atoms with E-state index in [1.807, 2.05) is 30.3 Å². The molecule has 0 aliphatic carbocycles. The summed E-state index contributed by atoms with van der Waals surface area (Å²) in [5, 5.41) is 0. The van der Waals surface area contributed by atoms with Crippen LogP contribution in [0.3, 0.4) is 0 Å². The molecule has 0 aliphatic heterocycles. The summed E-state index contributed by atoms with van der Waals surface area (Å²) in [5.41, 5.74) is 3.43. The molecule has 2 aromatic rings. The molecule has 21 heavy (non-hydrogen) atoms. The van der Waals surface area contributed by atoms with Crippen molar-refractivity contribution in [3.05, 3.63) is 71.3 Å². The van der Waals surface area contributed by atoms with Gasteiger partial charge >= 0.3 is 0 Å². The number of hydrogen-bond donors (Lipinski definition) is 0. The van der Waals surface area contributed by atoms with Crippen LogP contribution in [0.2, 0.25) is 0 Å². The smallest absolute Gasteiger partial charge is 0.0636 e. The van der Waals surface area contributed by atoms with Crippen LogP contribution in [0.1, 0.15) is 42.9 Å². The third kappa shape index (κ3) is 4.55. The number of unbranched alkanes of at least 4 members (excludes halogenated alkanes) is 2. The van der Waals surface area contributed by atoms with E-state index in [-0.39, 0.29) is 0 Å². The maximum Gasteiger partial charge on any atom is 0.0636 e. The second kappa shape index (κ2) is 8.16. The first-order valence-corrected chi connectivity index (χ1v) is 8.27. The van der Waals surface area contributed by atoms with Gasteiger partial charge in [0.05, 0.1) is 9.73 Å². The van der Waals surface area contributed by atoms with Gasteiger partial charge in [-0.3, -0.25) is 0 Å². The molecule has 0 aliphatic rings. The molecule has 0 fully saturated rings. The van der Waals surface area contributed by atoms with E-state index in [4.69, 9.17) is 24.4 Å². The minimum atomic E-state index is 0.754. The fourth-order valence-electron chi connectivity index (χ4n) is 2.25. The van der Waals surface area contributed by atoms with Gasteiger partial charge in [-0.15, -0.1) is 0 Å². The molecule has 0 amide bonds. The summed E-state index contributed by atoms with van der Waals surface area (Å²) in [6.45, 7) is 2.23. The van der Waals surface area contributed by atoms with E-state index in [0.717, 1.165) is 27.3 Å². The van der Waals surface area contributed by atoms with Crippen molar-refractivity contribution in [3.8, 4) is 0 Å². The second-order valence-corrected chi connectivity index (χ2v) is 5.99. The summed E-state index contributed by atoms with van der Waals surface area (Å²) < 4.78 is 0. The molecule has 0 aromatic heterocycles. The van der Waals surface area contributed by atoms with Crippen molar-refractivity contribution < 1.29 is 0 Å². The molecule has 2 aromatic carbocycles. The van der Waals surface area contributed by atoms with Gasteiger partial charge in [-0.25, -0.2) is 0 Å². The lowest BCUT2D eigenvalue weighted by Gasteiger charge is -2.08. The van der Waals surface area contributed by atoms with Crippen molar-refractivity contribution in [3.63, 3.8) is 0 Å². The van der Waals surface area contributed by atoms with Crippen molar-refractivity contribution in [2.75, 3.05) is 0 Å². The Morgan fingerprint density at radius 1 is 0.762 bits per heavy atom. The largest absolute Gasteiger partial charge is 0.0778 e. The lowest BCUT2D eigenvalue weighted by molar-refractivity contribution is 0.717. The molecule has 2 heteroatoms. The van der Waals surface area contributed by atoms with Crippen LogP contribution >= 0.6 is 24.4 Å². The van der Waals surface area contributed by atoms with E-state index in [2.05, 4.69) is 31.2 Å². The van der Waals surface area contributed by atoms with Gasteiger partial charge in [0.1, 0.15) is 0 Å². The lowest BCUT2D eigenvalue weighted by Crippen LogP contribution is -2.11. The first-order valence-electron chi connectivity index (χ1n) is 7.45. The summed E-state index contributed by atoms with van der Waals surface area (Å²) in [6.07, 6.45) is 4.94. The van der Waals surface area contributed by atoms with Crippen molar-refractivity contribution in [1.29, 1.82) is 0 Å². The fourth-order valence-corrected chi connectivity index (χ4v) is 2.76. The van der Waals surface area contributed by atoms with Gasteiger partial charge < -0.3 is 0 Å². The summed E-state index contributed by atoms with van der Waals surface area (Å²) in [6, 6.07) is 18.5. The number of rotatable bonds is 7. The van der Waals surface area contributed by atoms with Gasteiger partial charge in [-0.1, -0.05) is 98.8 Å². The quantitative estimate of drug-likeness (QED) is 0.373. The molecule has 0 unspecified atom stereocenters. The Labute approximate surface area is 138 Å². The number of hydrogen-bond acceptors (Lipinski definition) is 2. The Hall–Kier alpha value is -1.38. The molecular weight excluding hydrogens is 292 g/mol. The molecule has 0 atom stereocenters. The van der Waals surface area contributed by atoms with Crippen LogP contribution in [-0.2, 0) is 6.42 Å². The molecule has 0 nitrogen and oxygen atoms in total. The Bertz CT molecular complexity index is 597. The molecule has 0 radical (unpaired) electrons. The number of benzene rings is 2. The van der Waals surface area contributed by atoms with E-state index in [0.29, 0.717) is 0 Å². The van der Waals surface area contributed by atoms with Crippen molar-refractivity contribution in [2.24, 2.45) is 0 Å². The van der Waals surface area contributed by atoms with Crippen LogP contribution < -0.4 is 0 Å². The van der Waals surface area contributed by atoms with Gasteiger partial charge in [0, 0.05) is 0 Å². The Kier molecular flexibility index (Phi) is 6.21. The highest BCUT2D eigenvalue weighted by molar-refractivity contribution is 7.90. The van der Waals surface area contributed by atoms with Gasteiger partial charge in [-0.05, 0) is 29.5 Å². The minimum Gasteiger partial charge on any atom is -0.0778 e. The zero-order valence-corrected chi connectivity index (χ0v) is 14.0. The molecule has 2 rings (SSSR count). The molecule has 0 spiro atoms. The lowest BCUT2D eigenvalue weighted by atomic mass is 10.0. The zero-order valence-electron chi connectivity index (χ0n) is 12.3. The van der Waals surface area contributed by atoms with E-state index in [9.17, 15) is 0 Å². The maximum absolute atomic E-state index is 5.53. The minimum absolute atomic E-state index is 0.754. The highest BCUT2D eigenvalue weighted by atomic mass is 32.1. The summed E-state index contributed by atoms with van der Waals surface area (Å²) in [7, 11) is 0. The third-order valence-corrected chi connectivity index (χ3v) is 4.54. The Morgan fingerprint density at radius 3 is 1.90 bits per heavy atom. The first kappa shape index (κ1) is 16.0. The van der Waals surface area contributed by atoms with Crippen LogP contribution in [0, 0.1) is 0 Å². The highest BCUT2D eigenvalue weighted by Crippen LogP contribution is 2.13. The van der Waals surface area contributed by atoms with E-state index in [1.54, 1.807) is 0 Å². The predicted octanol–water partition coefficient (Wildman–Crippen LogP) is 5.56.